The van der Waals surface area contributed by atoms with Crippen molar-refractivity contribution in [3.05, 3.63) is 45.7 Å². The Morgan fingerprint density at radius 3 is 2.48 bits per heavy atom. The summed E-state index contributed by atoms with van der Waals surface area (Å²) in [5.74, 6) is -1.15. The first-order valence-corrected chi connectivity index (χ1v) is 8.15. The summed E-state index contributed by atoms with van der Waals surface area (Å²) < 4.78 is 11.9. The molecule has 0 fully saturated rings. The van der Waals surface area contributed by atoms with E-state index in [2.05, 4.69) is 0 Å². The second-order valence-electron chi connectivity index (χ2n) is 6.83. The van der Waals surface area contributed by atoms with Gasteiger partial charge in [0.25, 0.3) is 0 Å². The minimum absolute atomic E-state index is 0.0940. The highest BCUT2D eigenvalue weighted by Crippen LogP contribution is 2.16. The van der Waals surface area contributed by atoms with Gasteiger partial charge in [0.15, 0.2) is 0 Å². The summed E-state index contributed by atoms with van der Waals surface area (Å²) in [7, 11) is 0. The van der Waals surface area contributed by atoms with Crippen LogP contribution in [0.25, 0.3) is 10.9 Å². The largest absolute Gasteiger partial charge is 0.462 e. The smallest absolute Gasteiger partial charge is 0.343 e. The Hall–Kier alpha value is -2.63. The van der Waals surface area contributed by atoms with Crippen LogP contribution in [0, 0.1) is 6.92 Å². The summed E-state index contributed by atoms with van der Waals surface area (Å²) in [4.78, 5) is 36.9. The Bertz CT molecular complexity index is 874. The molecule has 0 saturated carbocycles. The molecule has 2 rings (SSSR count). The van der Waals surface area contributed by atoms with Gasteiger partial charge in [0, 0.05) is 11.6 Å². The van der Waals surface area contributed by atoms with Crippen molar-refractivity contribution in [1.29, 1.82) is 0 Å². The van der Waals surface area contributed by atoms with Crippen molar-refractivity contribution in [3.8, 4) is 0 Å². The standard InChI is InChI=1S/C19H23NO5/c1-6-24-18(23)14-10-20(11-16(21)25-19(3,4)5)15-8-7-12(2)9-13(15)17(14)22/h7-10H,6,11H2,1-5H3. The van der Waals surface area contributed by atoms with Gasteiger partial charge in [-0.15, -0.1) is 0 Å². The molecule has 1 aromatic heterocycles. The first kappa shape index (κ1) is 18.7. The molecule has 0 spiro atoms. The fourth-order valence-corrected chi connectivity index (χ4v) is 2.51. The quantitative estimate of drug-likeness (QED) is 0.797. The Morgan fingerprint density at radius 1 is 1.20 bits per heavy atom. The summed E-state index contributed by atoms with van der Waals surface area (Å²) in [6.07, 6.45) is 1.36. The number of pyridine rings is 1. The fourth-order valence-electron chi connectivity index (χ4n) is 2.51. The topological polar surface area (TPSA) is 74.6 Å². The van der Waals surface area contributed by atoms with Gasteiger partial charge in [0.1, 0.15) is 17.7 Å². The summed E-state index contributed by atoms with van der Waals surface area (Å²) >= 11 is 0. The average Bonchev–Trinajstić information content (AvgIpc) is 2.48. The summed E-state index contributed by atoms with van der Waals surface area (Å²) in [5.41, 5.74) is 0.331. The van der Waals surface area contributed by atoms with E-state index < -0.39 is 23.0 Å². The van der Waals surface area contributed by atoms with Crippen LogP contribution in [0.4, 0.5) is 0 Å². The van der Waals surface area contributed by atoms with Crippen molar-refractivity contribution in [2.24, 2.45) is 0 Å². The molecule has 0 aliphatic carbocycles. The van der Waals surface area contributed by atoms with Crippen molar-refractivity contribution >= 4 is 22.8 Å². The number of carbonyl (C=O) groups excluding carboxylic acids is 2. The van der Waals surface area contributed by atoms with Crippen LogP contribution >= 0.6 is 0 Å². The summed E-state index contributed by atoms with van der Waals surface area (Å²) in [6.45, 7) is 8.92. The third-order valence-corrected chi connectivity index (χ3v) is 3.45. The highest BCUT2D eigenvalue weighted by molar-refractivity contribution is 5.94. The van der Waals surface area contributed by atoms with Crippen LogP contribution < -0.4 is 5.43 Å². The van der Waals surface area contributed by atoms with Crippen molar-refractivity contribution < 1.29 is 19.1 Å². The first-order chi connectivity index (χ1) is 11.6. The number of hydrogen-bond acceptors (Lipinski definition) is 5. The van der Waals surface area contributed by atoms with Crippen LogP contribution in [-0.4, -0.2) is 28.7 Å². The van der Waals surface area contributed by atoms with E-state index in [-0.39, 0.29) is 18.7 Å². The monoisotopic (exact) mass is 345 g/mol. The first-order valence-electron chi connectivity index (χ1n) is 8.15. The van der Waals surface area contributed by atoms with Gasteiger partial charge in [0.2, 0.25) is 5.43 Å². The Balaban J connectivity index is 2.58. The minimum atomic E-state index is -0.700. The molecular weight excluding hydrogens is 322 g/mol. The van der Waals surface area contributed by atoms with Crippen LogP contribution in [-0.2, 0) is 20.8 Å². The van der Waals surface area contributed by atoms with Gasteiger partial charge in [-0.1, -0.05) is 11.6 Å². The van der Waals surface area contributed by atoms with E-state index >= 15 is 0 Å². The molecule has 0 unspecified atom stereocenters. The molecule has 0 aliphatic rings. The Kier molecular flexibility index (Phi) is 5.30. The second kappa shape index (κ2) is 7.09. The minimum Gasteiger partial charge on any atom is -0.462 e. The lowest BCUT2D eigenvalue weighted by Gasteiger charge is -2.20. The van der Waals surface area contributed by atoms with E-state index in [0.717, 1.165) is 5.56 Å². The van der Waals surface area contributed by atoms with Gasteiger partial charge in [-0.2, -0.15) is 0 Å². The van der Waals surface area contributed by atoms with E-state index in [9.17, 15) is 14.4 Å². The molecule has 0 bridgehead atoms. The van der Waals surface area contributed by atoms with E-state index in [0.29, 0.717) is 10.9 Å². The maximum absolute atomic E-state index is 12.6. The number of nitrogens with zero attached hydrogens (tertiary/aromatic N) is 1. The molecule has 25 heavy (non-hydrogen) atoms. The predicted octanol–water partition coefficient (Wildman–Crippen LogP) is 2.83. The zero-order chi connectivity index (χ0) is 18.8. The number of fused-ring (bicyclic) bond motifs is 1. The maximum Gasteiger partial charge on any atom is 0.343 e. The maximum atomic E-state index is 12.6. The molecule has 6 nitrogen and oxygen atoms in total. The van der Waals surface area contributed by atoms with Crippen molar-refractivity contribution in [2.45, 2.75) is 46.8 Å². The molecule has 0 atom stereocenters. The van der Waals surface area contributed by atoms with Crippen LogP contribution in [0.2, 0.25) is 0 Å². The lowest BCUT2D eigenvalue weighted by atomic mass is 10.1. The van der Waals surface area contributed by atoms with Gasteiger partial charge in [-0.05, 0) is 46.8 Å². The average molecular weight is 345 g/mol. The molecule has 1 heterocycles. The number of ether oxygens (including phenoxy) is 2. The van der Waals surface area contributed by atoms with Gasteiger partial charge >= 0.3 is 11.9 Å². The van der Waals surface area contributed by atoms with E-state index in [1.54, 1.807) is 44.4 Å². The number of benzene rings is 1. The number of aryl methyl sites for hydroxylation is 1. The van der Waals surface area contributed by atoms with E-state index in [1.807, 2.05) is 13.0 Å². The zero-order valence-electron chi connectivity index (χ0n) is 15.2. The molecule has 6 heteroatoms. The number of aromatic nitrogens is 1. The number of carbonyl (C=O) groups is 2. The van der Waals surface area contributed by atoms with Crippen molar-refractivity contribution in [2.75, 3.05) is 6.61 Å². The third-order valence-electron chi connectivity index (χ3n) is 3.45. The van der Waals surface area contributed by atoms with Gasteiger partial charge in [0.05, 0.1) is 12.1 Å². The summed E-state index contributed by atoms with van der Waals surface area (Å²) in [6, 6.07) is 5.30. The highest BCUT2D eigenvalue weighted by atomic mass is 16.6. The molecule has 0 radical (unpaired) electrons. The Morgan fingerprint density at radius 2 is 1.88 bits per heavy atom. The van der Waals surface area contributed by atoms with Crippen LogP contribution in [0.3, 0.4) is 0 Å². The van der Waals surface area contributed by atoms with E-state index in [4.69, 9.17) is 9.47 Å². The molecule has 1 aromatic carbocycles. The van der Waals surface area contributed by atoms with Crippen LogP contribution in [0.1, 0.15) is 43.6 Å². The normalized spacial score (nSPS) is 11.4. The molecule has 0 aliphatic heterocycles. The number of hydrogen-bond donors (Lipinski definition) is 0. The van der Waals surface area contributed by atoms with Crippen LogP contribution in [0.5, 0.6) is 0 Å². The SMILES string of the molecule is CCOC(=O)c1cn(CC(=O)OC(C)(C)C)c2ccc(C)cc2c1=O. The molecule has 134 valence electrons. The molecule has 0 saturated heterocycles. The van der Waals surface area contributed by atoms with Crippen molar-refractivity contribution in [1.82, 2.24) is 4.57 Å². The molecular formula is C19H23NO5. The molecule has 0 amide bonds. The summed E-state index contributed by atoms with van der Waals surface area (Å²) in [5, 5.41) is 0.370. The van der Waals surface area contributed by atoms with Crippen LogP contribution in [0.15, 0.2) is 29.2 Å². The fraction of sp³-hybridized carbons (Fsp3) is 0.421. The third kappa shape index (κ3) is 4.47. The lowest BCUT2D eigenvalue weighted by molar-refractivity contribution is -0.155. The van der Waals surface area contributed by atoms with Crippen molar-refractivity contribution in [3.63, 3.8) is 0 Å². The predicted molar refractivity (Wildman–Crippen MR) is 94.7 cm³/mol. The second-order valence-corrected chi connectivity index (χ2v) is 6.83. The molecule has 2 aromatic rings. The Labute approximate surface area is 146 Å². The number of esters is 2. The zero-order valence-corrected chi connectivity index (χ0v) is 15.2. The van der Waals surface area contributed by atoms with Gasteiger partial charge in [-0.3, -0.25) is 9.59 Å². The number of rotatable bonds is 4. The lowest BCUT2D eigenvalue weighted by Crippen LogP contribution is -2.28. The van der Waals surface area contributed by atoms with Gasteiger partial charge < -0.3 is 14.0 Å². The highest BCUT2D eigenvalue weighted by Gasteiger charge is 2.20. The molecule has 0 N–H and O–H groups in total. The van der Waals surface area contributed by atoms with E-state index in [1.165, 1.54) is 6.20 Å². The van der Waals surface area contributed by atoms with Gasteiger partial charge in [-0.25, -0.2) is 4.79 Å².